The summed E-state index contributed by atoms with van der Waals surface area (Å²) in [4.78, 5) is 26.8. The predicted molar refractivity (Wildman–Crippen MR) is 102 cm³/mol. The van der Waals surface area contributed by atoms with Crippen LogP contribution in [0.15, 0.2) is 28.9 Å². The first-order chi connectivity index (χ1) is 12.8. The Bertz CT molecular complexity index is 797. The van der Waals surface area contributed by atoms with Gasteiger partial charge >= 0.3 is 5.97 Å². The van der Waals surface area contributed by atoms with Crippen molar-refractivity contribution in [2.45, 2.75) is 40.7 Å². The number of aryl methyl sites for hydroxylation is 1. The molecule has 6 heteroatoms. The average molecular weight is 372 g/mol. The molecule has 1 amide bonds. The molecule has 2 aromatic heterocycles. The van der Waals surface area contributed by atoms with Crippen LogP contribution in [0.25, 0.3) is 0 Å². The van der Waals surface area contributed by atoms with Gasteiger partial charge in [0, 0.05) is 24.5 Å². The molecule has 1 fully saturated rings. The standard InChI is InChI=1S/C21H28N2O4/c1-14-8-15(2)11-22(10-14)20(24)13-27-21(25)19-9-16(3)23(17(19)4)12-18-6-5-7-26-18/h5-7,9,14-15H,8,10-13H2,1-4H3/t14-,15-/m0/s1. The number of nitrogens with zero attached hydrogens (tertiary/aromatic N) is 2. The van der Waals surface area contributed by atoms with Crippen LogP contribution in [0.1, 0.15) is 47.8 Å². The highest BCUT2D eigenvalue weighted by Crippen LogP contribution is 2.21. The van der Waals surface area contributed by atoms with Crippen LogP contribution in [-0.2, 0) is 16.1 Å². The van der Waals surface area contributed by atoms with Crippen LogP contribution in [0.2, 0.25) is 0 Å². The van der Waals surface area contributed by atoms with Crippen molar-refractivity contribution < 1.29 is 18.7 Å². The molecule has 2 atom stereocenters. The molecule has 1 aliphatic heterocycles. The monoisotopic (exact) mass is 372 g/mol. The van der Waals surface area contributed by atoms with Crippen LogP contribution < -0.4 is 0 Å². The van der Waals surface area contributed by atoms with E-state index in [0.29, 0.717) is 23.9 Å². The van der Waals surface area contributed by atoms with Crippen molar-refractivity contribution in [2.75, 3.05) is 19.7 Å². The molecule has 1 saturated heterocycles. The number of hydrogen-bond acceptors (Lipinski definition) is 4. The average Bonchev–Trinajstić information content (AvgIpc) is 3.22. The molecule has 0 aliphatic carbocycles. The number of piperidine rings is 1. The summed E-state index contributed by atoms with van der Waals surface area (Å²) < 4.78 is 12.7. The molecule has 0 aromatic carbocycles. The van der Waals surface area contributed by atoms with Crippen molar-refractivity contribution in [3.05, 3.63) is 47.2 Å². The lowest BCUT2D eigenvalue weighted by molar-refractivity contribution is -0.137. The van der Waals surface area contributed by atoms with E-state index >= 15 is 0 Å². The third kappa shape index (κ3) is 4.43. The zero-order valence-corrected chi connectivity index (χ0v) is 16.5. The van der Waals surface area contributed by atoms with Crippen LogP contribution >= 0.6 is 0 Å². The van der Waals surface area contributed by atoms with Crippen LogP contribution in [0, 0.1) is 25.7 Å². The molecule has 146 valence electrons. The lowest BCUT2D eigenvalue weighted by atomic mass is 9.92. The molecule has 0 bridgehead atoms. The molecular weight excluding hydrogens is 344 g/mol. The van der Waals surface area contributed by atoms with Crippen LogP contribution in [0.3, 0.4) is 0 Å². The summed E-state index contributed by atoms with van der Waals surface area (Å²) in [5.41, 5.74) is 2.25. The van der Waals surface area contributed by atoms with E-state index in [1.807, 2.05) is 35.4 Å². The van der Waals surface area contributed by atoms with E-state index < -0.39 is 5.97 Å². The molecular formula is C21H28N2O4. The van der Waals surface area contributed by atoms with E-state index in [0.717, 1.165) is 36.7 Å². The van der Waals surface area contributed by atoms with Crippen LogP contribution in [0.5, 0.6) is 0 Å². The molecule has 6 nitrogen and oxygen atoms in total. The van der Waals surface area contributed by atoms with Crippen molar-refractivity contribution in [3.63, 3.8) is 0 Å². The Kier molecular flexibility index (Phi) is 5.73. The highest BCUT2D eigenvalue weighted by molar-refractivity contribution is 5.92. The van der Waals surface area contributed by atoms with Gasteiger partial charge in [0.15, 0.2) is 6.61 Å². The minimum atomic E-state index is -0.458. The second kappa shape index (κ2) is 8.03. The second-order valence-corrected chi connectivity index (χ2v) is 7.77. The number of ether oxygens (including phenoxy) is 1. The summed E-state index contributed by atoms with van der Waals surface area (Å²) in [6.07, 6.45) is 2.76. The maximum Gasteiger partial charge on any atom is 0.340 e. The van der Waals surface area contributed by atoms with E-state index in [9.17, 15) is 9.59 Å². The lowest BCUT2D eigenvalue weighted by Crippen LogP contribution is -2.44. The van der Waals surface area contributed by atoms with Gasteiger partial charge in [0.1, 0.15) is 5.76 Å². The number of furan rings is 1. The predicted octanol–water partition coefficient (Wildman–Crippen LogP) is 3.41. The van der Waals surface area contributed by atoms with E-state index in [1.54, 1.807) is 12.3 Å². The number of esters is 1. The first-order valence-corrected chi connectivity index (χ1v) is 9.49. The van der Waals surface area contributed by atoms with Crippen LogP contribution in [-0.4, -0.2) is 41.0 Å². The van der Waals surface area contributed by atoms with E-state index in [-0.39, 0.29) is 12.5 Å². The third-order valence-electron chi connectivity index (χ3n) is 5.24. The Morgan fingerprint density at radius 2 is 1.93 bits per heavy atom. The van der Waals surface area contributed by atoms with Crippen LogP contribution in [0.4, 0.5) is 0 Å². The number of carbonyl (C=O) groups excluding carboxylic acids is 2. The topological polar surface area (TPSA) is 64.7 Å². The van der Waals surface area contributed by atoms with Gasteiger partial charge in [-0.2, -0.15) is 0 Å². The Morgan fingerprint density at radius 3 is 2.56 bits per heavy atom. The van der Waals surface area contributed by atoms with Gasteiger partial charge in [-0.15, -0.1) is 0 Å². The zero-order chi connectivity index (χ0) is 19.6. The highest BCUT2D eigenvalue weighted by Gasteiger charge is 2.26. The lowest BCUT2D eigenvalue weighted by Gasteiger charge is -2.34. The maximum absolute atomic E-state index is 12.5. The fourth-order valence-corrected chi connectivity index (χ4v) is 3.97. The van der Waals surface area contributed by atoms with Gasteiger partial charge in [0.2, 0.25) is 0 Å². The van der Waals surface area contributed by atoms with Gasteiger partial charge < -0.3 is 18.6 Å². The highest BCUT2D eigenvalue weighted by atomic mass is 16.5. The van der Waals surface area contributed by atoms with E-state index in [4.69, 9.17) is 9.15 Å². The molecule has 3 rings (SSSR count). The largest absolute Gasteiger partial charge is 0.467 e. The first-order valence-electron chi connectivity index (χ1n) is 9.49. The number of rotatable bonds is 5. The second-order valence-electron chi connectivity index (χ2n) is 7.77. The number of amides is 1. The van der Waals surface area contributed by atoms with Crippen molar-refractivity contribution in [1.29, 1.82) is 0 Å². The molecule has 3 heterocycles. The van der Waals surface area contributed by atoms with Gasteiger partial charge in [-0.1, -0.05) is 13.8 Å². The van der Waals surface area contributed by atoms with Crippen molar-refractivity contribution in [3.8, 4) is 0 Å². The Labute approximate surface area is 160 Å². The summed E-state index contributed by atoms with van der Waals surface area (Å²) in [6, 6.07) is 5.54. The smallest absolute Gasteiger partial charge is 0.340 e. The minimum absolute atomic E-state index is 0.119. The molecule has 0 N–H and O–H groups in total. The number of aromatic nitrogens is 1. The first kappa shape index (κ1) is 19.3. The Hall–Kier alpha value is -2.50. The molecule has 0 radical (unpaired) electrons. The van der Waals surface area contributed by atoms with Gasteiger partial charge in [-0.25, -0.2) is 4.79 Å². The van der Waals surface area contributed by atoms with Crippen molar-refractivity contribution in [1.82, 2.24) is 9.47 Å². The minimum Gasteiger partial charge on any atom is -0.467 e. The van der Waals surface area contributed by atoms with Gasteiger partial charge in [-0.3, -0.25) is 4.79 Å². The Balaban J connectivity index is 1.62. The third-order valence-corrected chi connectivity index (χ3v) is 5.24. The summed E-state index contributed by atoms with van der Waals surface area (Å²) in [5.74, 6) is 1.20. The van der Waals surface area contributed by atoms with E-state index in [2.05, 4.69) is 13.8 Å². The quantitative estimate of drug-likeness (QED) is 0.755. The van der Waals surface area contributed by atoms with Gasteiger partial charge in [0.05, 0.1) is 18.4 Å². The molecule has 2 aromatic rings. The number of hydrogen-bond donors (Lipinski definition) is 0. The molecule has 27 heavy (non-hydrogen) atoms. The van der Waals surface area contributed by atoms with Crippen molar-refractivity contribution in [2.24, 2.45) is 11.8 Å². The van der Waals surface area contributed by atoms with Crippen molar-refractivity contribution >= 4 is 11.9 Å². The number of carbonyl (C=O) groups is 2. The molecule has 0 unspecified atom stereocenters. The normalized spacial score (nSPS) is 19.9. The van der Waals surface area contributed by atoms with E-state index in [1.165, 1.54) is 0 Å². The Morgan fingerprint density at radius 1 is 1.22 bits per heavy atom. The molecule has 0 saturated carbocycles. The molecule has 0 spiro atoms. The summed E-state index contributed by atoms with van der Waals surface area (Å²) in [6.45, 7) is 9.93. The maximum atomic E-state index is 12.5. The fourth-order valence-electron chi connectivity index (χ4n) is 3.97. The number of likely N-dealkylation sites (tertiary alicyclic amines) is 1. The van der Waals surface area contributed by atoms with Gasteiger partial charge in [-0.05, 0) is 50.3 Å². The SMILES string of the molecule is Cc1cc(C(=O)OCC(=O)N2C[C@@H](C)C[C@H](C)C2)c(C)n1Cc1ccco1. The molecule has 1 aliphatic rings. The fraction of sp³-hybridized carbons (Fsp3) is 0.524. The van der Waals surface area contributed by atoms with Gasteiger partial charge in [0.25, 0.3) is 5.91 Å². The zero-order valence-electron chi connectivity index (χ0n) is 16.5. The summed E-state index contributed by atoms with van der Waals surface area (Å²) >= 11 is 0. The summed E-state index contributed by atoms with van der Waals surface area (Å²) in [7, 11) is 0. The summed E-state index contributed by atoms with van der Waals surface area (Å²) in [5, 5.41) is 0.